The van der Waals surface area contributed by atoms with Crippen molar-refractivity contribution in [2.24, 2.45) is 17.8 Å². The van der Waals surface area contributed by atoms with Crippen LogP contribution in [0.5, 0.6) is 0 Å². The minimum absolute atomic E-state index is 0.0930. The molecule has 5 nitrogen and oxygen atoms in total. The van der Waals surface area contributed by atoms with E-state index in [4.69, 9.17) is 0 Å². The van der Waals surface area contributed by atoms with Crippen molar-refractivity contribution < 1.29 is 19.8 Å². The van der Waals surface area contributed by atoms with Gasteiger partial charge in [-0.1, -0.05) is 6.92 Å². The number of likely N-dealkylation sites (tertiary alicyclic amines) is 1. The van der Waals surface area contributed by atoms with Crippen molar-refractivity contribution >= 4 is 11.9 Å². The summed E-state index contributed by atoms with van der Waals surface area (Å²) in [6, 6.07) is 0. The SMILES string of the molecule is CC1C[C@H](C(=O)N2CCC(C)(O)C2)[C@H](C(=O)O)C1. The smallest absolute Gasteiger partial charge is 0.307 e. The van der Waals surface area contributed by atoms with Gasteiger partial charge < -0.3 is 15.1 Å². The van der Waals surface area contributed by atoms with E-state index in [0.29, 0.717) is 32.4 Å². The van der Waals surface area contributed by atoms with Gasteiger partial charge in [0.15, 0.2) is 0 Å². The van der Waals surface area contributed by atoms with Gasteiger partial charge in [0, 0.05) is 13.1 Å². The number of aliphatic hydroxyl groups is 1. The Balaban J connectivity index is 2.07. The lowest BCUT2D eigenvalue weighted by Gasteiger charge is -2.24. The Labute approximate surface area is 107 Å². The van der Waals surface area contributed by atoms with Gasteiger partial charge in [-0.25, -0.2) is 0 Å². The Morgan fingerprint density at radius 2 is 1.89 bits per heavy atom. The van der Waals surface area contributed by atoms with Gasteiger partial charge in [0.2, 0.25) is 5.91 Å². The van der Waals surface area contributed by atoms with Crippen LogP contribution in [0.4, 0.5) is 0 Å². The topological polar surface area (TPSA) is 77.8 Å². The summed E-state index contributed by atoms with van der Waals surface area (Å²) in [7, 11) is 0. The zero-order valence-electron chi connectivity index (χ0n) is 10.9. The lowest BCUT2D eigenvalue weighted by atomic mass is 9.95. The van der Waals surface area contributed by atoms with E-state index in [0.717, 1.165) is 0 Å². The molecule has 5 heteroatoms. The molecular weight excluding hydrogens is 234 g/mol. The fraction of sp³-hybridized carbons (Fsp3) is 0.846. The molecule has 1 amide bonds. The number of carboxylic acid groups (broad SMARTS) is 1. The van der Waals surface area contributed by atoms with Crippen molar-refractivity contribution in [3.8, 4) is 0 Å². The molecule has 1 heterocycles. The van der Waals surface area contributed by atoms with Gasteiger partial charge in [-0.2, -0.15) is 0 Å². The lowest BCUT2D eigenvalue weighted by molar-refractivity contribution is -0.149. The predicted molar refractivity (Wildman–Crippen MR) is 64.8 cm³/mol. The van der Waals surface area contributed by atoms with Crippen LogP contribution >= 0.6 is 0 Å². The molecular formula is C13H21NO4. The maximum Gasteiger partial charge on any atom is 0.307 e. The molecule has 2 fully saturated rings. The molecule has 1 saturated carbocycles. The molecule has 102 valence electrons. The molecule has 2 rings (SSSR count). The maximum absolute atomic E-state index is 12.3. The largest absolute Gasteiger partial charge is 0.481 e. The molecule has 0 aromatic rings. The first kappa shape index (κ1) is 13.3. The van der Waals surface area contributed by atoms with Crippen LogP contribution in [-0.4, -0.2) is 45.7 Å². The highest BCUT2D eigenvalue weighted by molar-refractivity contribution is 5.85. The number of hydrogen-bond donors (Lipinski definition) is 2. The number of β-amino-alcohol motifs (C(OH)–C–C–N with tert-alkyl or cyclic N) is 1. The summed E-state index contributed by atoms with van der Waals surface area (Å²) in [5.74, 6) is -1.65. The highest BCUT2D eigenvalue weighted by Crippen LogP contribution is 2.38. The average molecular weight is 255 g/mol. The van der Waals surface area contributed by atoms with Crippen molar-refractivity contribution in [2.45, 2.75) is 38.7 Å². The number of carboxylic acids is 1. The first-order valence-corrected chi connectivity index (χ1v) is 6.54. The minimum Gasteiger partial charge on any atom is -0.481 e. The van der Waals surface area contributed by atoms with Gasteiger partial charge in [-0.05, 0) is 32.1 Å². The van der Waals surface area contributed by atoms with Crippen LogP contribution in [0.15, 0.2) is 0 Å². The van der Waals surface area contributed by atoms with Gasteiger partial charge >= 0.3 is 5.97 Å². The Hall–Kier alpha value is -1.10. The highest BCUT2D eigenvalue weighted by Gasteiger charge is 2.45. The molecule has 4 atom stereocenters. The van der Waals surface area contributed by atoms with Gasteiger partial charge in [0.1, 0.15) is 0 Å². The molecule has 0 spiro atoms. The quantitative estimate of drug-likeness (QED) is 0.762. The van der Waals surface area contributed by atoms with E-state index in [2.05, 4.69) is 0 Å². The number of carbonyl (C=O) groups excluding carboxylic acids is 1. The third-order valence-electron chi connectivity index (χ3n) is 4.20. The van der Waals surface area contributed by atoms with E-state index in [1.165, 1.54) is 0 Å². The van der Waals surface area contributed by atoms with Crippen LogP contribution in [-0.2, 0) is 9.59 Å². The van der Waals surface area contributed by atoms with Crippen molar-refractivity contribution in [1.29, 1.82) is 0 Å². The van der Waals surface area contributed by atoms with E-state index in [-0.39, 0.29) is 11.8 Å². The van der Waals surface area contributed by atoms with E-state index < -0.39 is 23.4 Å². The summed E-state index contributed by atoms with van der Waals surface area (Å²) in [5.41, 5.74) is -0.821. The van der Waals surface area contributed by atoms with E-state index in [1.807, 2.05) is 6.92 Å². The fourth-order valence-electron chi connectivity index (χ4n) is 3.21. The standard InChI is InChI=1S/C13H21NO4/c1-8-5-9(10(6-8)12(16)17)11(15)14-4-3-13(2,18)7-14/h8-10,18H,3-7H2,1-2H3,(H,16,17)/t8?,9-,10+,13?/m0/s1. The third kappa shape index (κ3) is 2.51. The molecule has 18 heavy (non-hydrogen) atoms. The second-order valence-electron chi connectivity index (χ2n) is 6.13. The summed E-state index contributed by atoms with van der Waals surface area (Å²) in [6.45, 7) is 4.56. The maximum atomic E-state index is 12.3. The number of hydrogen-bond acceptors (Lipinski definition) is 3. The molecule has 2 unspecified atom stereocenters. The summed E-state index contributed by atoms with van der Waals surface area (Å²) >= 11 is 0. The van der Waals surface area contributed by atoms with Crippen LogP contribution < -0.4 is 0 Å². The van der Waals surface area contributed by atoms with Crippen LogP contribution in [0, 0.1) is 17.8 Å². The summed E-state index contributed by atoms with van der Waals surface area (Å²) < 4.78 is 0. The van der Waals surface area contributed by atoms with Crippen LogP contribution in [0.1, 0.15) is 33.1 Å². The lowest BCUT2D eigenvalue weighted by Crippen LogP contribution is -2.40. The summed E-state index contributed by atoms with van der Waals surface area (Å²) in [6.07, 6.45) is 1.79. The zero-order chi connectivity index (χ0) is 13.5. The van der Waals surface area contributed by atoms with Crippen LogP contribution in [0.2, 0.25) is 0 Å². The number of aliphatic carboxylic acids is 1. The third-order valence-corrected chi connectivity index (χ3v) is 4.20. The Morgan fingerprint density at radius 3 is 2.39 bits per heavy atom. The molecule has 0 bridgehead atoms. The zero-order valence-corrected chi connectivity index (χ0v) is 10.9. The average Bonchev–Trinajstić information content (AvgIpc) is 2.80. The molecule has 2 aliphatic rings. The molecule has 1 saturated heterocycles. The van der Waals surface area contributed by atoms with Crippen molar-refractivity contribution in [2.75, 3.05) is 13.1 Å². The molecule has 1 aliphatic carbocycles. The van der Waals surface area contributed by atoms with Crippen molar-refractivity contribution in [3.05, 3.63) is 0 Å². The Morgan fingerprint density at radius 1 is 1.28 bits per heavy atom. The first-order valence-electron chi connectivity index (χ1n) is 6.54. The van der Waals surface area contributed by atoms with Gasteiger partial charge in [0.25, 0.3) is 0 Å². The molecule has 1 aliphatic heterocycles. The van der Waals surface area contributed by atoms with Crippen LogP contribution in [0.25, 0.3) is 0 Å². The van der Waals surface area contributed by atoms with Gasteiger partial charge in [-0.3, -0.25) is 9.59 Å². The first-order chi connectivity index (χ1) is 8.30. The van der Waals surface area contributed by atoms with E-state index >= 15 is 0 Å². The number of carbonyl (C=O) groups is 2. The molecule has 0 radical (unpaired) electrons. The number of amides is 1. The monoisotopic (exact) mass is 255 g/mol. The fourth-order valence-corrected chi connectivity index (χ4v) is 3.21. The second-order valence-corrected chi connectivity index (χ2v) is 6.13. The van der Waals surface area contributed by atoms with E-state index in [1.54, 1.807) is 11.8 Å². The van der Waals surface area contributed by atoms with E-state index in [9.17, 15) is 19.8 Å². The molecule has 0 aromatic heterocycles. The van der Waals surface area contributed by atoms with Crippen molar-refractivity contribution in [1.82, 2.24) is 4.90 Å². The van der Waals surface area contributed by atoms with Crippen molar-refractivity contribution in [3.63, 3.8) is 0 Å². The predicted octanol–water partition coefficient (Wildman–Crippen LogP) is 0.717. The minimum atomic E-state index is -0.872. The normalized spacial score (nSPS) is 40.2. The van der Waals surface area contributed by atoms with Crippen LogP contribution in [0.3, 0.4) is 0 Å². The Kier molecular flexibility index (Phi) is 3.36. The highest BCUT2D eigenvalue weighted by atomic mass is 16.4. The van der Waals surface area contributed by atoms with Gasteiger partial charge in [-0.15, -0.1) is 0 Å². The summed E-state index contributed by atoms with van der Waals surface area (Å²) in [4.78, 5) is 25.2. The Bertz CT molecular complexity index is 366. The number of nitrogens with zero attached hydrogens (tertiary/aromatic N) is 1. The second kappa shape index (κ2) is 4.53. The summed E-state index contributed by atoms with van der Waals surface area (Å²) in [5, 5.41) is 19.0. The molecule has 2 N–H and O–H groups in total. The number of rotatable bonds is 2. The van der Waals surface area contributed by atoms with Gasteiger partial charge in [0.05, 0.1) is 17.4 Å². The molecule has 0 aromatic carbocycles.